The molecular formula is C20H17Cl2N3O4. The van der Waals surface area contributed by atoms with Crippen LogP contribution in [-0.2, 0) is 20.9 Å². The first-order chi connectivity index (χ1) is 13.9. The molecule has 2 bridgehead atoms. The van der Waals surface area contributed by atoms with Gasteiger partial charge in [-0.2, -0.15) is 0 Å². The van der Waals surface area contributed by atoms with Crippen LogP contribution in [-0.4, -0.2) is 35.2 Å². The van der Waals surface area contributed by atoms with Gasteiger partial charge in [0.05, 0.1) is 24.5 Å². The highest BCUT2D eigenvalue weighted by molar-refractivity contribution is 6.35. The van der Waals surface area contributed by atoms with Crippen LogP contribution in [0.1, 0.15) is 11.3 Å². The molecule has 5 rings (SSSR count). The minimum Gasteiger partial charge on any atom is -0.360 e. The third kappa shape index (κ3) is 2.87. The molecule has 150 valence electrons. The number of carbonyl (C=O) groups excluding carboxylic acids is 2. The van der Waals surface area contributed by atoms with Gasteiger partial charge in [0.25, 0.3) is 0 Å². The molecule has 2 aromatic rings. The zero-order valence-corrected chi connectivity index (χ0v) is 16.9. The lowest BCUT2D eigenvalue weighted by Crippen LogP contribution is -2.44. The fourth-order valence-electron chi connectivity index (χ4n) is 4.44. The van der Waals surface area contributed by atoms with Gasteiger partial charge in [-0.25, -0.2) is 0 Å². The Kier molecular flexibility index (Phi) is 4.24. The second kappa shape index (κ2) is 6.58. The molecule has 9 heteroatoms. The van der Waals surface area contributed by atoms with E-state index in [1.165, 1.54) is 4.90 Å². The van der Waals surface area contributed by atoms with Gasteiger partial charge in [0.1, 0.15) is 11.4 Å². The third-order valence-corrected chi connectivity index (χ3v) is 6.35. The van der Waals surface area contributed by atoms with E-state index in [-0.39, 0.29) is 18.4 Å². The highest BCUT2D eigenvalue weighted by Gasteiger charge is 2.67. The number of benzene rings is 1. The molecule has 4 atom stereocenters. The molecule has 3 aliphatic rings. The number of aromatic nitrogens is 1. The summed E-state index contributed by atoms with van der Waals surface area (Å²) in [4.78, 5) is 27.7. The van der Waals surface area contributed by atoms with E-state index in [0.717, 1.165) is 5.56 Å². The number of carbonyl (C=O) groups is 2. The molecule has 1 aromatic carbocycles. The van der Waals surface area contributed by atoms with Crippen LogP contribution in [0, 0.1) is 18.8 Å². The maximum absolute atomic E-state index is 13.2. The number of halogens is 2. The van der Waals surface area contributed by atoms with Gasteiger partial charge >= 0.3 is 0 Å². The van der Waals surface area contributed by atoms with Crippen LogP contribution in [0.3, 0.4) is 0 Å². The fraction of sp³-hybridized carbons (Fsp3) is 0.350. The van der Waals surface area contributed by atoms with E-state index in [1.54, 1.807) is 31.2 Å². The van der Waals surface area contributed by atoms with Gasteiger partial charge in [-0.05, 0) is 24.6 Å². The van der Waals surface area contributed by atoms with Crippen molar-refractivity contribution in [2.45, 2.75) is 25.2 Å². The van der Waals surface area contributed by atoms with Crippen molar-refractivity contribution in [1.29, 1.82) is 0 Å². The van der Waals surface area contributed by atoms with Gasteiger partial charge in [0, 0.05) is 22.7 Å². The number of hydrogen-bond acceptors (Lipinski definition) is 5. The standard InChI is InChI=1S/C20H17Cl2N3O4/c1-10-6-15(24-29-10)25-9-20-5-4-14(28-20)16(17(20)19(25)27)18(26)23-8-11-2-3-12(21)7-13(11)22/h2-7,14,16-17H,8-9H2,1H3,(H,23,26)/t14-,16+,17-,20-/m0/s1. The Morgan fingerprint density at radius 2 is 2.21 bits per heavy atom. The summed E-state index contributed by atoms with van der Waals surface area (Å²) in [6.45, 7) is 2.31. The molecule has 1 N–H and O–H groups in total. The molecule has 2 saturated heterocycles. The molecule has 0 aliphatic carbocycles. The van der Waals surface area contributed by atoms with E-state index < -0.39 is 23.5 Å². The predicted molar refractivity (Wildman–Crippen MR) is 106 cm³/mol. The number of nitrogens with one attached hydrogen (secondary N) is 1. The lowest BCUT2D eigenvalue weighted by atomic mass is 9.77. The van der Waals surface area contributed by atoms with Crippen molar-refractivity contribution >= 4 is 40.8 Å². The molecule has 7 nitrogen and oxygen atoms in total. The first-order valence-corrected chi connectivity index (χ1v) is 9.97. The average Bonchev–Trinajstić information content (AvgIpc) is 3.42. The largest absolute Gasteiger partial charge is 0.360 e. The van der Waals surface area contributed by atoms with Crippen molar-refractivity contribution in [2.75, 3.05) is 11.4 Å². The Morgan fingerprint density at radius 1 is 1.38 bits per heavy atom. The van der Waals surface area contributed by atoms with Gasteiger partial charge in [-0.3, -0.25) is 14.5 Å². The van der Waals surface area contributed by atoms with Crippen molar-refractivity contribution in [1.82, 2.24) is 10.5 Å². The number of aryl methyl sites for hydroxylation is 1. The van der Waals surface area contributed by atoms with E-state index in [1.807, 2.05) is 12.2 Å². The second-order valence-electron chi connectivity index (χ2n) is 7.57. The van der Waals surface area contributed by atoms with Crippen LogP contribution in [0.5, 0.6) is 0 Å². The topological polar surface area (TPSA) is 84.7 Å². The molecular weight excluding hydrogens is 417 g/mol. The summed E-state index contributed by atoms with van der Waals surface area (Å²) < 4.78 is 11.2. The molecule has 2 fully saturated rings. The van der Waals surface area contributed by atoms with Gasteiger partial charge in [-0.15, -0.1) is 0 Å². The van der Waals surface area contributed by atoms with Crippen LogP contribution < -0.4 is 10.2 Å². The summed E-state index contributed by atoms with van der Waals surface area (Å²) in [5.74, 6) is -0.605. The minimum absolute atomic E-state index is 0.185. The highest BCUT2D eigenvalue weighted by atomic mass is 35.5. The van der Waals surface area contributed by atoms with Crippen LogP contribution in [0.2, 0.25) is 10.0 Å². The maximum Gasteiger partial charge on any atom is 0.235 e. The Hall–Kier alpha value is -2.35. The normalized spacial score (nSPS) is 29.6. The van der Waals surface area contributed by atoms with Crippen molar-refractivity contribution in [3.63, 3.8) is 0 Å². The summed E-state index contributed by atoms with van der Waals surface area (Å²) in [5, 5.41) is 7.83. The number of rotatable bonds is 4. The lowest BCUT2D eigenvalue weighted by Gasteiger charge is -2.23. The zero-order valence-electron chi connectivity index (χ0n) is 15.4. The third-order valence-electron chi connectivity index (χ3n) is 5.76. The van der Waals surface area contributed by atoms with Crippen molar-refractivity contribution in [3.8, 4) is 0 Å². The minimum atomic E-state index is -0.811. The number of anilines is 1. The smallest absolute Gasteiger partial charge is 0.235 e. The molecule has 1 spiro atoms. The molecule has 1 aromatic heterocycles. The Balaban J connectivity index is 1.36. The quantitative estimate of drug-likeness (QED) is 0.749. The Morgan fingerprint density at radius 3 is 2.93 bits per heavy atom. The predicted octanol–water partition coefficient (Wildman–Crippen LogP) is 2.89. The molecule has 0 unspecified atom stereocenters. The Labute approximate surface area is 176 Å². The first kappa shape index (κ1) is 18.7. The number of amides is 2. The fourth-order valence-corrected chi connectivity index (χ4v) is 4.91. The van der Waals surface area contributed by atoms with Gasteiger partial charge in [-0.1, -0.05) is 46.6 Å². The van der Waals surface area contributed by atoms with E-state index >= 15 is 0 Å². The summed E-state index contributed by atoms with van der Waals surface area (Å²) in [5.41, 5.74) is -0.0645. The van der Waals surface area contributed by atoms with Gasteiger partial charge < -0.3 is 14.6 Å². The lowest BCUT2D eigenvalue weighted by molar-refractivity contribution is -0.132. The summed E-state index contributed by atoms with van der Waals surface area (Å²) in [7, 11) is 0. The maximum atomic E-state index is 13.2. The molecule has 2 amide bonds. The monoisotopic (exact) mass is 433 g/mol. The van der Waals surface area contributed by atoms with E-state index in [4.69, 9.17) is 32.5 Å². The Bertz CT molecular complexity index is 1050. The molecule has 29 heavy (non-hydrogen) atoms. The number of nitrogens with zero attached hydrogens (tertiary/aromatic N) is 2. The summed E-state index contributed by atoms with van der Waals surface area (Å²) >= 11 is 12.1. The number of ether oxygens (including phenoxy) is 1. The summed E-state index contributed by atoms with van der Waals surface area (Å²) in [6.07, 6.45) is 3.33. The second-order valence-corrected chi connectivity index (χ2v) is 8.42. The zero-order chi connectivity index (χ0) is 20.3. The van der Waals surface area contributed by atoms with Crippen LogP contribution in [0.4, 0.5) is 5.82 Å². The van der Waals surface area contributed by atoms with Crippen molar-refractivity contribution in [2.24, 2.45) is 11.8 Å². The van der Waals surface area contributed by atoms with Crippen LogP contribution in [0.25, 0.3) is 0 Å². The number of fused-ring (bicyclic) bond motifs is 1. The van der Waals surface area contributed by atoms with Gasteiger partial charge in [0.15, 0.2) is 5.82 Å². The van der Waals surface area contributed by atoms with Crippen LogP contribution in [0.15, 0.2) is 40.9 Å². The van der Waals surface area contributed by atoms with Crippen molar-refractivity contribution in [3.05, 3.63) is 57.8 Å². The van der Waals surface area contributed by atoms with Gasteiger partial charge in [0.2, 0.25) is 11.8 Å². The number of hydrogen-bond donors (Lipinski definition) is 1. The molecule has 3 aliphatic heterocycles. The van der Waals surface area contributed by atoms with E-state index in [0.29, 0.717) is 28.2 Å². The summed E-state index contributed by atoms with van der Waals surface area (Å²) in [6, 6.07) is 6.80. The highest BCUT2D eigenvalue weighted by Crippen LogP contribution is 2.52. The average molecular weight is 434 g/mol. The van der Waals surface area contributed by atoms with Crippen LogP contribution >= 0.6 is 23.2 Å². The van der Waals surface area contributed by atoms with E-state index in [2.05, 4.69) is 10.5 Å². The first-order valence-electron chi connectivity index (χ1n) is 9.21. The SMILES string of the molecule is Cc1cc(N2C[C@]34C=C[C@H](O3)[C@@H](C(=O)NCc3ccc(Cl)cc3Cl)[C@H]4C2=O)no1. The molecule has 0 saturated carbocycles. The van der Waals surface area contributed by atoms with E-state index in [9.17, 15) is 9.59 Å². The molecule has 4 heterocycles. The molecule has 0 radical (unpaired) electrons. The van der Waals surface area contributed by atoms with Crippen molar-refractivity contribution < 1.29 is 18.8 Å².